The number of benzene rings is 1. The summed E-state index contributed by atoms with van der Waals surface area (Å²) in [7, 11) is 0. The molecule has 1 aromatic heterocycles. The Morgan fingerprint density at radius 3 is 3.00 bits per heavy atom. The zero-order chi connectivity index (χ0) is 18.9. The summed E-state index contributed by atoms with van der Waals surface area (Å²) in [5, 5.41) is 15.4. The Kier molecular flexibility index (Phi) is 7.37. The Morgan fingerprint density at radius 2 is 2.27 bits per heavy atom. The topological polar surface area (TPSA) is 110 Å². The van der Waals surface area contributed by atoms with Gasteiger partial charge < -0.3 is 14.6 Å². The van der Waals surface area contributed by atoms with E-state index in [2.05, 4.69) is 15.5 Å². The van der Waals surface area contributed by atoms with Gasteiger partial charge in [-0.2, -0.15) is 5.10 Å². The van der Waals surface area contributed by atoms with Crippen LogP contribution < -0.4 is 10.2 Å². The van der Waals surface area contributed by atoms with Crippen LogP contribution in [0.3, 0.4) is 0 Å². The molecule has 0 fully saturated rings. The van der Waals surface area contributed by atoms with Crippen molar-refractivity contribution in [3.8, 4) is 5.75 Å². The Balaban J connectivity index is 2.00. The number of esters is 1. The Labute approximate surface area is 158 Å². The van der Waals surface area contributed by atoms with Crippen LogP contribution in [-0.4, -0.2) is 41.5 Å². The summed E-state index contributed by atoms with van der Waals surface area (Å²) in [5.74, 6) is -1.09. The van der Waals surface area contributed by atoms with Crippen LogP contribution in [0.25, 0.3) is 0 Å². The van der Waals surface area contributed by atoms with Crippen molar-refractivity contribution in [3.63, 3.8) is 0 Å². The van der Waals surface area contributed by atoms with E-state index in [1.54, 1.807) is 30.5 Å². The van der Waals surface area contributed by atoms with Crippen LogP contribution in [0.4, 0.5) is 5.13 Å². The number of thiazole rings is 1. The van der Waals surface area contributed by atoms with Crippen LogP contribution in [0.15, 0.2) is 28.7 Å². The van der Waals surface area contributed by atoms with E-state index < -0.39 is 12.6 Å². The Morgan fingerprint density at radius 1 is 1.46 bits per heavy atom. The molecule has 2 aromatic rings. The van der Waals surface area contributed by atoms with Gasteiger partial charge in [-0.05, 0) is 25.1 Å². The van der Waals surface area contributed by atoms with Crippen molar-refractivity contribution >= 4 is 46.2 Å². The molecule has 1 aromatic carbocycles. The molecule has 0 aliphatic heterocycles. The fourth-order valence-corrected chi connectivity index (χ4v) is 2.69. The second-order valence-electron chi connectivity index (χ2n) is 4.86. The van der Waals surface area contributed by atoms with Gasteiger partial charge in [0.1, 0.15) is 5.75 Å². The molecular weight excluding hydrogens is 382 g/mol. The summed E-state index contributed by atoms with van der Waals surface area (Å²) in [6.07, 6.45) is 1.53. The molecule has 26 heavy (non-hydrogen) atoms. The summed E-state index contributed by atoms with van der Waals surface area (Å²) < 4.78 is 10.1. The van der Waals surface area contributed by atoms with Gasteiger partial charge in [0.05, 0.1) is 24.9 Å². The number of hydrogen-bond acceptors (Lipinski definition) is 8. The number of carboxylic acid groups (broad SMARTS) is 1. The molecular formula is C16H16ClN3O5S. The monoisotopic (exact) mass is 397 g/mol. The quantitative estimate of drug-likeness (QED) is 0.380. The fraction of sp³-hybridized carbons (Fsp3) is 0.250. The summed E-state index contributed by atoms with van der Waals surface area (Å²) in [6, 6.07) is 4.75. The lowest BCUT2D eigenvalue weighted by atomic mass is 10.2. The van der Waals surface area contributed by atoms with E-state index in [0.29, 0.717) is 33.8 Å². The molecule has 0 bridgehead atoms. The summed E-state index contributed by atoms with van der Waals surface area (Å²) in [5.41, 5.74) is 3.83. The third kappa shape index (κ3) is 6.34. The van der Waals surface area contributed by atoms with Crippen LogP contribution in [0, 0.1) is 0 Å². The highest BCUT2D eigenvalue weighted by Gasteiger charge is 2.08. The number of aliphatic carboxylic acids is 1. The molecule has 0 amide bonds. The first-order chi connectivity index (χ1) is 12.5. The maximum atomic E-state index is 11.4. The fourth-order valence-electron chi connectivity index (χ4n) is 1.85. The molecule has 0 aliphatic rings. The molecule has 0 unspecified atom stereocenters. The third-order valence-electron chi connectivity index (χ3n) is 2.87. The van der Waals surface area contributed by atoms with E-state index >= 15 is 0 Å². The average molecular weight is 398 g/mol. The van der Waals surface area contributed by atoms with Crippen LogP contribution in [-0.2, 0) is 20.7 Å². The number of ether oxygens (including phenoxy) is 2. The van der Waals surface area contributed by atoms with Crippen LogP contribution >= 0.6 is 22.9 Å². The molecule has 0 aliphatic carbocycles. The number of carbonyl (C=O) groups is 2. The smallest absolute Gasteiger partial charge is 0.341 e. The molecule has 0 saturated carbocycles. The van der Waals surface area contributed by atoms with E-state index in [4.69, 9.17) is 26.2 Å². The van der Waals surface area contributed by atoms with Crippen molar-refractivity contribution in [2.24, 2.45) is 5.10 Å². The first-order valence-corrected chi connectivity index (χ1v) is 8.77. The Bertz CT molecular complexity index is 809. The van der Waals surface area contributed by atoms with E-state index in [-0.39, 0.29) is 12.4 Å². The maximum absolute atomic E-state index is 11.4. The highest BCUT2D eigenvalue weighted by molar-refractivity contribution is 7.13. The van der Waals surface area contributed by atoms with Gasteiger partial charge in [0, 0.05) is 16.0 Å². The molecule has 0 spiro atoms. The number of nitrogens with one attached hydrogen (secondary N) is 1. The minimum atomic E-state index is -1.09. The van der Waals surface area contributed by atoms with Crippen LogP contribution in [0.1, 0.15) is 18.2 Å². The minimum Gasteiger partial charge on any atom is -0.481 e. The lowest BCUT2D eigenvalue weighted by Gasteiger charge is -2.07. The summed E-state index contributed by atoms with van der Waals surface area (Å²) in [6.45, 7) is 1.59. The third-order valence-corrected chi connectivity index (χ3v) is 3.90. The van der Waals surface area contributed by atoms with Crippen molar-refractivity contribution in [1.82, 2.24) is 4.98 Å². The lowest BCUT2D eigenvalue weighted by Crippen LogP contribution is -2.10. The van der Waals surface area contributed by atoms with Gasteiger partial charge in [-0.25, -0.2) is 9.78 Å². The number of halogens is 1. The number of aromatic nitrogens is 1. The SMILES string of the molecule is CCOC(=O)Cc1csc(NN=Cc2cc(Cl)ccc2OCC(=O)O)n1. The van der Waals surface area contributed by atoms with Crippen molar-refractivity contribution in [2.75, 3.05) is 18.6 Å². The normalized spacial score (nSPS) is 10.7. The van der Waals surface area contributed by atoms with Crippen molar-refractivity contribution in [1.29, 1.82) is 0 Å². The average Bonchev–Trinajstić information content (AvgIpc) is 3.01. The highest BCUT2D eigenvalue weighted by atomic mass is 35.5. The minimum absolute atomic E-state index is 0.0944. The van der Waals surface area contributed by atoms with Gasteiger partial charge >= 0.3 is 11.9 Å². The number of hydrazone groups is 1. The van der Waals surface area contributed by atoms with Crippen molar-refractivity contribution < 1.29 is 24.2 Å². The number of carboxylic acids is 1. The van der Waals surface area contributed by atoms with Crippen LogP contribution in [0.2, 0.25) is 5.02 Å². The van der Waals surface area contributed by atoms with Crippen LogP contribution in [0.5, 0.6) is 5.75 Å². The Hall–Kier alpha value is -2.65. The van der Waals surface area contributed by atoms with Crippen molar-refractivity contribution in [2.45, 2.75) is 13.3 Å². The number of anilines is 1. The second kappa shape index (κ2) is 9.73. The molecule has 0 atom stereocenters. The number of hydrogen-bond donors (Lipinski definition) is 2. The first kappa shape index (κ1) is 19.7. The summed E-state index contributed by atoms with van der Waals surface area (Å²) in [4.78, 5) is 26.3. The van der Waals surface area contributed by atoms with Gasteiger partial charge in [-0.3, -0.25) is 10.2 Å². The number of carbonyl (C=O) groups excluding carboxylic acids is 1. The van der Waals surface area contributed by atoms with E-state index in [1.807, 2.05) is 0 Å². The zero-order valence-electron chi connectivity index (χ0n) is 13.8. The van der Waals surface area contributed by atoms with Gasteiger partial charge in [-0.15, -0.1) is 11.3 Å². The molecule has 10 heteroatoms. The van der Waals surface area contributed by atoms with Gasteiger partial charge in [0.2, 0.25) is 5.13 Å². The molecule has 1 heterocycles. The zero-order valence-corrected chi connectivity index (χ0v) is 15.3. The molecule has 0 radical (unpaired) electrons. The summed E-state index contributed by atoms with van der Waals surface area (Å²) >= 11 is 7.23. The predicted molar refractivity (Wildman–Crippen MR) is 98.3 cm³/mol. The second-order valence-corrected chi connectivity index (χ2v) is 6.15. The largest absolute Gasteiger partial charge is 0.481 e. The number of rotatable bonds is 9. The van der Waals surface area contributed by atoms with E-state index in [0.717, 1.165) is 0 Å². The molecule has 2 rings (SSSR count). The van der Waals surface area contributed by atoms with E-state index in [1.165, 1.54) is 17.6 Å². The standard InChI is InChI=1S/C16H16ClN3O5S/c1-2-24-15(23)6-12-9-26-16(19-12)20-18-7-10-5-11(17)3-4-13(10)25-8-14(21)22/h3-5,7,9H,2,6,8H2,1H3,(H,19,20)(H,21,22). The molecule has 8 nitrogen and oxygen atoms in total. The van der Waals surface area contributed by atoms with Crippen molar-refractivity contribution in [3.05, 3.63) is 39.9 Å². The highest BCUT2D eigenvalue weighted by Crippen LogP contribution is 2.22. The van der Waals surface area contributed by atoms with Gasteiger partial charge in [-0.1, -0.05) is 11.6 Å². The maximum Gasteiger partial charge on any atom is 0.341 e. The molecule has 138 valence electrons. The molecule has 0 saturated heterocycles. The number of nitrogens with zero attached hydrogens (tertiary/aromatic N) is 2. The van der Waals surface area contributed by atoms with Gasteiger partial charge in [0.25, 0.3) is 0 Å². The predicted octanol–water partition coefficient (Wildman–Crippen LogP) is 2.81. The van der Waals surface area contributed by atoms with Gasteiger partial charge in [0.15, 0.2) is 6.61 Å². The molecule has 2 N–H and O–H groups in total. The lowest BCUT2D eigenvalue weighted by molar-refractivity contribution is -0.142. The first-order valence-electron chi connectivity index (χ1n) is 7.51. The van der Waals surface area contributed by atoms with E-state index in [9.17, 15) is 9.59 Å².